The van der Waals surface area contributed by atoms with E-state index < -0.39 is 17.4 Å². The van der Waals surface area contributed by atoms with Crippen LogP contribution >= 0.6 is 0 Å². The second kappa shape index (κ2) is 5.25. The molecule has 0 spiro atoms. The van der Waals surface area contributed by atoms with Crippen LogP contribution in [0.5, 0.6) is 0 Å². The van der Waals surface area contributed by atoms with E-state index in [2.05, 4.69) is 5.32 Å². The van der Waals surface area contributed by atoms with Gasteiger partial charge >= 0.3 is 5.97 Å². The summed E-state index contributed by atoms with van der Waals surface area (Å²) in [5.41, 5.74) is 1.43. The minimum absolute atomic E-state index is 0.111. The Kier molecular flexibility index (Phi) is 3.81. The number of ether oxygens (including phenoxy) is 1. The first kappa shape index (κ1) is 14.5. The maximum Gasteiger partial charge on any atom is 0.313 e. The molecule has 1 heterocycles. The molecule has 0 radical (unpaired) electrons. The first-order chi connectivity index (χ1) is 9.36. The van der Waals surface area contributed by atoms with Crippen molar-refractivity contribution >= 4 is 11.9 Å². The third-order valence-electron chi connectivity index (χ3n) is 4.10. The van der Waals surface area contributed by atoms with Crippen LogP contribution < -0.4 is 5.32 Å². The summed E-state index contributed by atoms with van der Waals surface area (Å²) in [4.78, 5) is 23.7. The normalized spacial score (nSPS) is 25.4. The molecular formula is C15H19NO4. The molecule has 108 valence electrons. The van der Waals surface area contributed by atoms with Crippen LogP contribution in [0.3, 0.4) is 0 Å². The molecule has 2 unspecified atom stereocenters. The highest BCUT2D eigenvalue weighted by atomic mass is 16.5. The van der Waals surface area contributed by atoms with Gasteiger partial charge in [0.05, 0.1) is 19.3 Å². The summed E-state index contributed by atoms with van der Waals surface area (Å²) < 4.78 is 5.23. The third kappa shape index (κ3) is 2.41. The Balaban J connectivity index is 2.20. The van der Waals surface area contributed by atoms with E-state index in [1.165, 1.54) is 0 Å². The van der Waals surface area contributed by atoms with Crippen molar-refractivity contribution in [1.82, 2.24) is 5.32 Å². The number of hydrogen-bond donors (Lipinski definition) is 2. The van der Waals surface area contributed by atoms with E-state index in [4.69, 9.17) is 4.74 Å². The van der Waals surface area contributed by atoms with Gasteiger partial charge in [-0.05, 0) is 38.0 Å². The average molecular weight is 277 g/mol. The van der Waals surface area contributed by atoms with Gasteiger partial charge in [0.2, 0.25) is 0 Å². The van der Waals surface area contributed by atoms with Gasteiger partial charge in [0, 0.05) is 5.56 Å². The summed E-state index contributed by atoms with van der Waals surface area (Å²) in [5.74, 6) is -1.21. The minimum atomic E-state index is -1.08. The molecule has 1 amide bonds. The lowest BCUT2D eigenvalue weighted by molar-refractivity contribution is -0.148. The Hall–Kier alpha value is -1.88. The van der Waals surface area contributed by atoms with Crippen molar-refractivity contribution in [3.05, 3.63) is 34.9 Å². The first-order valence-electron chi connectivity index (χ1n) is 6.54. The monoisotopic (exact) mass is 277 g/mol. The maximum absolute atomic E-state index is 12.3. The Morgan fingerprint density at radius 2 is 2.10 bits per heavy atom. The van der Waals surface area contributed by atoms with Crippen LogP contribution in [0.2, 0.25) is 0 Å². The van der Waals surface area contributed by atoms with E-state index in [9.17, 15) is 14.7 Å². The number of carboxylic acids is 1. The smallest absolute Gasteiger partial charge is 0.313 e. The van der Waals surface area contributed by atoms with Gasteiger partial charge in [0.1, 0.15) is 5.41 Å². The summed E-state index contributed by atoms with van der Waals surface area (Å²) >= 11 is 0. The number of carboxylic acid groups (broad SMARTS) is 1. The van der Waals surface area contributed by atoms with Crippen LogP contribution in [0.1, 0.15) is 28.4 Å². The Morgan fingerprint density at radius 3 is 2.75 bits per heavy atom. The van der Waals surface area contributed by atoms with Gasteiger partial charge in [-0.2, -0.15) is 0 Å². The van der Waals surface area contributed by atoms with Crippen molar-refractivity contribution in [2.24, 2.45) is 5.41 Å². The Labute approximate surface area is 117 Å². The highest BCUT2D eigenvalue weighted by Crippen LogP contribution is 2.29. The molecule has 1 fully saturated rings. The molecule has 1 aliphatic heterocycles. The van der Waals surface area contributed by atoms with Crippen molar-refractivity contribution in [2.75, 3.05) is 13.2 Å². The van der Waals surface area contributed by atoms with Crippen molar-refractivity contribution < 1.29 is 19.4 Å². The molecule has 5 heteroatoms. The zero-order valence-corrected chi connectivity index (χ0v) is 11.9. The van der Waals surface area contributed by atoms with Crippen LogP contribution in [0, 0.1) is 19.3 Å². The van der Waals surface area contributed by atoms with Gasteiger partial charge in [-0.1, -0.05) is 12.1 Å². The molecule has 5 nitrogen and oxygen atoms in total. The van der Waals surface area contributed by atoms with Crippen LogP contribution in [0.15, 0.2) is 18.2 Å². The summed E-state index contributed by atoms with van der Waals surface area (Å²) in [6.45, 7) is 5.74. The average Bonchev–Trinajstić information content (AvgIpc) is 2.75. The number of carbonyl (C=O) groups is 2. The zero-order valence-electron chi connectivity index (χ0n) is 11.9. The quantitative estimate of drug-likeness (QED) is 0.878. The second-order valence-electron chi connectivity index (χ2n) is 5.51. The predicted octanol–water partition coefficient (Wildman–Crippen LogP) is 1.52. The van der Waals surface area contributed by atoms with E-state index in [0.29, 0.717) is 5.56 Å². The van der Waals surface area contributed by atoms with E-state index in [1.807, 2.05) is 26.0 Å². The number of hydrogen-bond acceptors (Lipinski definition) is 3. The SMILES string of the molecule is Cc1cccc(C(=O)NC2COCC2(C)C(=O)O)c1C. The number of aliphatic carboxylic acids is 1. The van der Waals surface area contributed by atoms with Crippen LogP contribution in [0.25, 0.3) is 0 Å². The lowest BCUT2D eigenvalue weighted by Gasteiger charge is -2.25. The largest absolute Gasteiger partial charge is 0.481 e. The van der Waals surface area contributed by atoms with Crippen molar-refractivity contribution in [3.8, 4) is 0 Å². The van der Waals surface area contributed by atoms with Gasteiger partial charge in [-0.25, -0.2) is 0 Å². The van der Waals surface area contributed by atoms with Crippen LogP contribution in [0.4, 0.5) is 0 Å². The molecular weight excluding hydrogens is 258 g/mol. The number of aryl methyl sites for hydroxylation is 1. The summed E-state index contributed by atoms with van der Waals surface area (Å²) in [6.07, 6.45) is 0. The standard InChI is InChI=1S/C15H19NO4/c1-9-5-4-6-11(10(9)2)13(17)16-12-7-20-8-15(12,3)14(18)19/h4-6,12H,7-8H2,1-3H3,(H,16,17)(H,18,19). The van der Waals surface area contributed by atoms with E-state index in [0.717, 1.165) is 11.1 Å². The molecule has 1 aromatic rings. The van der Waals surface area contributed by atoms with Gasteiger partial charge in [0.15, 0.2) is 0 Å². The molecule has 2 N–H and O–H groups in total. The fourth-order valence-corrected chi connectivity index (χ4v) is 2.32. The van der Waals surface area contributed by atoms with Gasteiger partial charge < -0.3 is 15.2 Å². The van der Waals surface area contributed by atoms with Gasteiger partial charge in [-0.3, -0.25) is 9.59 Å². The zero-order chi connectivity index (χ0) is 14.9. The molecule has 1 saturated heterocycles. The molecule has 20 heavy (non-hydrogen) atoms. The Morgan fingerprint density at radius 1 is 1.40 bits per heavy atom. The van der Waals surface area contributed by atoms with E-state index in [-0.39, 0.29) is 19.1 Å². The molecule has 1 aliphatic rings. The molecule has 0 aromatic heterocycles. The van der Waals surface area contributed by atoms with Gasteiger partial charge in [0.25, 0.3) is 5.91 Å². The fraction of sp³-hybridized carbons (Fsp3) is 0.467. The molecule has 2 atom stereocenters. The lowest BCUT2D eigenvalue weighted by Crippen LogP contribution is -2.49. The van der Waals surface area contributed by atoms with E-state index in [1.54, 1.807) is 13.0 Å². The van der Waals surface area contributed by atoms with Crippen molar-refractivity contribution in [1.29, 1.82) is 0 Å². The van der Waals surface area contributed by atoms with Crippen LogP contribution in [-0.2, 0) is 9.53 Å². The summed E-state index contributed by atoms with van der Waals surface area (Å²) in [7, 11) is 0. The number of carbonyl (C=O) groups excluding carboxylic acids is 1. The maximum atomic E-state index is 12.3. The minimum Gasteiger partial charge on any atom is -0.481 e. The lowest BCUT2D eigenvalue weighted by atomic mass is 9.85. The fourth-order valence-electron chi connectivity index (χ4n) is 2.32. The van der Waals surface area contributed by atoms with Gasteiger partial charge in [-0.15, -0.1) is 0 Å². The highest BCUT2D eigenvalue weighted by molar-refractivity contribution is 5.96. The highest BCUT2D eigenvalue weighted by Gasteiger charge is 2.47. The summed E-state index contributed by atoms with van der Waals surface area (Å²) in [6, 6.07) is 4.98. The summed E-state index contributed by atoms with van der Waals surface area (Å²) in [5, 5.41) is 12.1. The number of amides is 1. The molecule has 0 bridgehead atoms. The topological polar surface area (TPSA) is 75.6 Å². The Bertz CT molecular complexity index is 555. The van der Waals surface area contributed by atoms with Crippen molar-refractivity contribution in [3.63, 3.8) is 0 Å². The molecule has 0 aliphatic carbocycles. The first-order valence-corrected chi connectivity index (χ1v) is 6.54. The van der Waals surface area contributed by atoms with Crippen molar-refractivity contribution in [2.45, 2.75) is 26.8 Å². The number of rotatable bonds is 3. The van der Waals surface area contributed by atoms with Crippen LogP contribution in [-0.4, -0.2) is 36.2 Å². The molecule has 0 saturated carbocycles. The number of benzene rings is 1. The second-order valence-corrected chi connectivity index (χ2v) is 5.51. The predicted molar refractivity (Wildman–Crippen MR) is 73.7 cm³/mol. The number of nitrogens with one attached hydrogen (secondary N) is 1. The third-order valence-corrected chi connectivity index (χ3v) is 4.10. The van der Waals surface area contributed by atoms with E-state index >= 15 is 0 Å². The molecule has 2 rings (SSSR count). The molecule has 1 aromatic carbocycles.